The zero-order chi connectivity index (χ0) is 21.3. The average Bonchev–Trinajstić information content (AvgIpc) is 3.39. The lowest BCUT2D eigenvalue weighted by Crippen LogP contribution is -2.39. The summed E-state index contributed by atoms with van der Waals surface area (Å²) in [4.78, 5) is 28.7. The summed E-state index contributed by atoms with van der Waals surface area (Å²) in [6.45, 7) is 0. The number of hydrazone groups is 1. The van der Waals surface area contributed by atoms with Crippen LogP contribution in [0.4, 0.5) is 15.8 Å². The van der Waals surface area contributed by atoms with Crippen LogP contribution in [0.5, 0.6) is 0 Å². The number of hydrogen-bond donors (Lipinski definition) is 2. The van der Waals surface area contributed by atoms with E-state index >= 15 is 0 Å². The van der Waals surface area contributed by atoms with E-state index in [-0.39, 0.29) is 12.1 Å². The lowest BCUT2D eigenvalue weighted by molar-refractivity contribution is -0.119. The second kappa shape index (κ2) is 8.03. The number of aromatic nitrogens is 3. The van der Waals surface area contributed by atoms with Crippen LogP contribution in [-0.2, 0) is 9.59 Å². The smallest absolute Gasteiger partial charge is 0.272 e. The van der Waals surface area contributed by atoms with Crippen molar-refractivity contribution in [1.82, 2.24) is 14.8 Å². The first-order valence-corrected chi connectivity index (χ1v) is 9.59. The molecule has 9 nitrogen and oxygen atoms in total. The van der Waals surface area contributed by atoms with Gasteiger partial charge >= 0.3 is 0 Å². The van der Waals surface area contributed by atoms with Crippen molar-refractivity contribution >= 4 is 44.8 Å². The Morgan fingerprint density at radius 2 is 1.97 bits per heavy atom. The number of carbonyl (C=O) groups is 2. The van der Waals surface area contributed by atoms with Crippen LogP contribution in [-0.4, -0.2) is 38.3 Å². The predicted molar refractivity (Wildman–Crippen MR) is 112 cm³/mol. The van der Waals surface area contributed by atoms with Gasteiger partial charge < -0.3 is 11.1 Å². The Balaban J connectivity index is 1.62. The molecular formula is C19H15BrFN7O2. The Morgan fingerprint density at radius 3 is 2.63 bits per heavy atom. The number of nitrogens with two attached hydrogens (primary N) is 1. The third kappa shape index (κ3) is 3.92. The van der Waals surface area contributed by atoms with Crippen molar-refractivity contribution in [3.8, 4) is 5.69 Å². The largest absolute Gasteiger partial charge is 0.368 e. The van der Waals surface area contributed by atoms with E-state index in [9.17, 15) is 14.0 Å². The molecule has 2 aromatic carbocycles. The first-order chi connectivity index (χ1) is 14.4. The van der Waals surface area contributed by atoms with Crippen LogP contribution >= 0.6 is 15.9 Å². The molecule has 2 heterocycles. The highest BCUT2D eigenvalue weighted by Crippen LogP contribution is 2.27. The topological polar surface area (TPSA) is 118 Å². The molecule has 1 aliphatic rings. The minimum atomic E-state index is -0.853. The molecular weight excluding hydrogens is 457 g/mol. The van der Waals surface area contributed by atoms with Crippen molar-refractivity contribution in [2.24, 2.45) is 10.8 Å². The Bertz CT molecular complexity index is 1130. The third-order valence-electron chi connectivity index (χ3n) is 4.46. The maximum Gasteiger partial charge on any atom is 0.272 e. The van der Waals surface area contributed by atoms with E-state index in [1.165, 1.54) is 46.6 Å². The van der Waals surface area contributed by atoms with Gasteiger partial charge in [0.2, 0.25) is 5.91 Å². The molecule has 152 valence electrons. The number of anilines is 2. The normalized spacial score (nSPS) is 15.7. The SMILES string of the molecule is NC(=O)C1CC(C(=O)Nc2cc(Br)ccc2-n2cncn2)=NN1c1ccc(F)cc1. The number of primary amides is 1. The van der Waals surface area contributed by atoms with Crippen molar-refractivity contribution in [3.63, 3.8) is 0 Å². The summed E-state index contributed by atoms with van der Waals surface area (Å²) < 4.78 is 15.5. The molecule has 0 spiro atoms. The van der Waals surface area contributed by atoms with Crippen LogP contribution in [0, 0.1) is 5.82 Å². The highest BCUT2D eigenvalue weighted by molar-refractivity contribution is 9.10. The van der Waals surface area contributed by atoms with Crippen LogP contribution in [0.25, 0.3) is 5.69 Å². The zero-order valence-electron chi connectivity index (χ0n) is 15.4. The fourth-order valence-corrected chi connectivity index (χ4v) is 3.40. The van der Waals surface area contributed by atoms with Gasteiger partial charge in [0, 0.05) is 10.9 Å². The molecule has 4 rings (SSSR count). The Hall–Kier alpha value is -3.60. The van der Waals surface area contributed by atoms with Crippen LogP contribution < -0.4 is 16.1 Å². The quantitative estimate of drug-likeness (QED) is 0.591. The molecule has 0 saturated carbocycles. The van der Waals surface area contributed by atoms with Crippen molar-refractivity contribution < 1.29 is 14.0 Å². The molecule has 0 saturated heterocycles. The number of halogens is 2. The molecule has 0 bridgehead atoms. The molecule has 3 aromatic rings. The number of benzene rings is 2. The van der Waals surface area contributed by atoms with E-state index in [4.69, 9.17) is 5.73 Å². The molecule has 0 radical (unpaired) electrons. The highest BCUT2D eigenvalue weighted by atomic mass is 79.9. The van der Waals surface area contributed by atoms with Crippen molar-refractivity contribution in [2.45, 2.75) is 12.5 Å². The van der Waals surface area contributed by atoms with E-state index in [2.05, 4.69) is 36.4 Å². The summed E-state index contributed by atoms with van der Waals surface area (Å²) in [5.41, 5.74) is 7.14. The number of rotatable bonds is 5. The summed E-state index contributed by atoms with van der Waals surface area (Å²) in [6, 6.07) is 9.85. The molecule has 1 unspecified atom stereocenters. The van der Waals surface area contributed by atoms with Gasteiger partial charge in [-0.1, -0.05) is 15.9 Å². The van der Waals surface area contributed by atoms with Gasteiger partial charge in [0.05, 0.1) is 17.1 Å². The van der Waals surface area contributed by atoms with E-state index in [0.717, 1.165) is 4.47 Å². The first-order valence-electron chi connectivity index (χ1n) is 8.80. The Kier molecular flexibility index (Phi) is 5.27. The summed E-state index contributed by atoms with van der Waals surface area (Å²) in [6.07, 6.45) is 2.91. The Morgan fingerprint density at radius 1 is 1.20 bits per heavy atom. The minimum absolute atomic E-state index is 0.0191. The van der Waals surface area contributed by atoms with Gasteiger partial charge in [0.15, 0.2) is 0 Å². The van der Waals surface area contributed by atoms with Crippen LogP contribution in [0.2, 0.25) is 0 Å². The van der Waals surface area contributed by atoms with Gasteiger partial charge in [-0.2, -0.15) is 10.2 Å². The number of amides is 2. The van der Waals surface area contributed by atoms with E-state index in [0.29, 0.717) is 17.1 Å². The van der Waals surface area contributed by atoms with Gasteiger partial charge in [0.1, 0.15) is 30.2 Å². The predicted octanol–water partition coefficient (Wildman–Crippen LogP) is 2.23. The van der Waals surface area contributed by atoms with E-state index in [1.54, 1.807) is 18.2 Å². The standard InChI is InChI=1S/C19H15BrFN7O2/c20-11-1-6-16(27-10-23-9-24-27)14(7-11)25-19(30)15-8-17(18(22)29)28(26-15)13-4-2-12(21)3-5-13/h1-7,9-10,17H,8H2,(H2,22,29)(H,25,30). The van der Waals surface area contributed by atoms with Gasteiger partial charge in [-0.3, -0.25) is 14.6 Å². The van der Waals surface area contributed by atoms with Crippen molar-refractivity contribution in [1.29, 1.82) is 0 Å². The Labute approximate surface area is 178 Å². The van der Waals surface area contributed by atoms with Crippen LogP contribution in [0.1, 0.15) is 6.42 Å². The average molecular weight is 472 g/mol. The second-order valence-electron chi connectivity index (χ2n) is 6.45. The molecule has 1 aromatic heterocycles. The lowest BCUT2D eigenvalue weighted by atomic mass is 10.1. The number of hydrogen-bond acceptors (Lipinski definition) is 6. The second-order valence-corrected chi connectivity index (χ2v) is 7.36. The van der Waals surface area contributed by atoms with Gasteiger partial charge in [-0.05, 0) is 42.5 Å². The number of nitrogens with one attached hydrogen (secondary N) is 1. The molecule has 30 heavy (non-hydrogen) atoms. The fraction of sp³-hybridized carbons (Fsp3) is 0.105. The highest BCUT2D eigenvalue weighted by Gasteiger charge is 2.35. The lowest BCUT2D eigenvalue weighted by Gasteiger charge is -2.20. The maximum absolute atomic E-state index is 13.2. The van der Waals surface area contributed by atoms with Crippen molar-refractivity contribution in [2.75, 3.05) is 10.3 Å². The minimum Gasteiger partial charge on any atom is -0.368 e. The maximum atomic E-state index is 13.2. The van der Waals surface area contributed by atoms with Gasteiger partial charge in [-0.25, -0.2) is 14.1 Å². The molecule has 0 fully saturated rings. The van der Waals surface area contributed by atoms with Gasteiger partial charge in [0.25, 0.3) is 5.91 Å². The molecule has 1 atom stereocenters. The summed E-state index contributed by atoms with van der Waals surface area (Å²) in [7, 11) is 0. The molecule has 0 aliphatic carbocycles. The van der Waals surface area contributed by atoms with E-state index < -0.39 is 23.7 Å². The summed E-state index contributed by atoms with van der Waals surface area (Å²) in [5, 5.41) is 12.5. The molecule has 11 heteroatoms. The molecule has 2 amide bonds. The van der Waals surface area contributed by atoms with E-state index in [1.807, 2.05) is 0 Å². The number of nitrogens with zero attached hydrogens (tertiary/aromatic N) is 5. The van der Waals surface area contributed by atoms with Crippen molar-refractivity contribution in [3.05, 3.63) is 65.4 Å². The van der Waals surface area contributed by atoms with Crippen LogP contribution in [0.3, 0.4) is 0 Å². The first kappa shape index (κ1) is 19.7. The van der Waals surface area contributed by atoms with Crippen LogP contribution in [0.15, 0.2) is 64.7 Å². The molecule has 3 N–H and O–H groups in total. The molecule has 1 aliphatic heterocycles. The van der Waals surface area contributed by atoms with Gasteiger partial charge in [-0.15, -0.1) is 0 Å². The number of carbonyl (C=O) groups excluding carboxylic acids is 2. The fourth-order valence-electron chi connectivity index (χ4n) is 3.04. The monoisotopic (exact) mass is 471 g/mol. The third-order valence-corrected chi connectivity index (χ3v) is 4.96. The summed E-state index contributed by atoms with van der Waals surface area (Å²) in [5.74, 6) is -1.56. The zero-order valence-corrected chi connectivity index (χ0v) is 17.0. The summed E-state index contributed by atoms with van der Waals surface area (Å²) >= 11 is 3.38.